The number of carbonyl (C=O) groups is 2. The van der Waals surface area contributed by atoms with Crippen LogP contribution in [0.3, 0.4) is 0 Å². The Morgan fingerprint density at radius 1 is 0.651 bits per heavy atom. The van der Waals surface area contributed by atoms with E-state index >= 15 is 0 Å². The van der Waals surface area contributed by atoms with Crippen molar-refractivity contribution in [3.8, 4) is 5.75 Å². The fourth-order valence-electron chi connectivity index (χ4n) is 5.45. The number of hydrogen-bond acceptors (Lipinski definition) is 8. The van der Waals surface area contributed by atoms with Gasteiger partial charge in [0.1, 0.15) is 17.5 Å². The van der Waals surface area contributed by atoms with Crippen LogP contribution in [0.5, 0.6) is 5.75 Å². The van der Waals surface area contributed by atoms with Gasteiger partial charge in [0.05, 0.1) is 6.61 Å². The Labute approximate surface area is 250 Å². The molecule has 5 atom stereocenters. The molecule has 0 aliphatic carbocycles. The fourth-order valence-corrected chi connectivity index (χ4v) is 5.45. The first-order valence-corrected chi connectivity index (χ1v) is 14.1. The van der Waals surface area contributed by atoms with Crippen molar-refractivity contribution < 1.29 is 38.4 Å². The molecule has 8 heteroatoms. The van der Waals surface area contributed by atoms with Gasteiger partial charge in [0.2, 0.25) is 0 Å². The second-order valence-electron chi connectivity index (χ2n) is 10.2. The van der Waals surface area contributed by atoms with Crippen molar-refractivity contribution in [2.24, 2.45) is 0 Å². The molecule has 1 aliphatic rings. The number of benzene rings is 4. The van der Waals surface area contributed by atoms with Gasteiger partial charge in [0.25, 0.3) is 0 Å². The number of rotatable bonds is 10. The number of esters is 2. The molecule has 0 radical (unpaired) electrons. The summed E-state index contributed by atoms with van der Waals surface area (Å²) in [6.07, 6.45) is -6.08. The third-order valence-corrected chi connectivity index (χ3v) is 7.23. The van der Waals surface area contributed by atoms with Gasteiger partial charge in [-0.3, -0.25) is 9.59 Å². The largest absolute Gasteiger partial charge is 0.482 e. The molecule has 8 nitrogen and oxygen atoms in total. The van der Waals surface area contributed by atoms with Crippen LogP contribution < -0.4 is 4.74 Å². The minimum absolute atomic E-state index is 0.130. The molecule has 4 aromatic carbocycles. The van der Waals surface area contributed by atoms with E-state index < -0.39 is 48.2 Å². The molecular weight excluding hydrogens is 548 g/mol. The standard InChI is InChI=1S/C35H34O8/c1-24(36)40-31-30(43-34(38)33(41-25(2)37)32(31)42-29-21-13-6-14-22-29)23-39-35(26-15-7-3-8-16-26,27-17-9-4-10-18-27)28-19-11-5-12-20-28/h3-22,30-34,38H,23H2,1-2H3/t30-,31-,32+,33+,34+/m1/s1. The van der Waals surface area contributed by atoms with E-state index in [1.54, 1.807) is 24.3 Å². The van der Waals surface area contributed by atoms with Gasteiger partial charge in [-0.25, -0.2) is 0 Å². The van der Waals surface area contributed by atoms with Crippen LogP contribution in [-0.2, 0) is 34.1 Å². The molecule has 1 N–H and O–H groups in total. The summed E-state index contributed by atoms with van der Waals surface area (Å²) in [6, 6.07) is 38.2. The van der Waals surface area contributed by atoms with Gasteiger partial charge < -0.3 is 28.8 Å². The number of para-hydroxylation sites is 1. The normalized spacial score (nSPS) is 21.9. The number of aliphatic hydroxyl groups excluding tert-OH is 1. The molecule has 0 saturated carbocycles. The van der Waals surface area contributed by atoms with Gasteiger partial charge in [-0.2, -0.15) is 0 Å². The lowest BCUT2D eigenvalue weighted by molar-refractivity contribution is -0.293. The molecule has 5 rings (SSSR count). The molecular formula is C35H34O8. The topological polar surface area (TPSA) is 101 Å². The van der Waals surface area contributed by atoms with Gasteiger partial charge in [-0.1, -0.05) is 109 Å². The highest BCUT2D eigenvalue weighted by Gasteiger charge is 2.52. The van der Waals surface area contributed by atoms with E-state index in [0.29, 0.717) is 5.75 Å². The summed E-state index contributed by atoms with van der Waals surface area (Å²) in [7, 11) is 0. The van der Waals surface area contributed by atoms with Crippen molar-refractivity contribution in [3.63, 3.8) is 0 Å². The Hall–Kier alpha value is -4.50. The fraction of sp³-hybridized carbons (Fsp3) is 0.257. The van der Waals surface area contributed by atoms with Crippen LogP contribution in [0.1, 0.15) is 30.5 Å². The van der Waals surface area contributed by atoms with Gasteiger partial charge in [0, 0.05) is 13.8 Å². The first-order chi connectivity index (χ1) is 20.9. The lowest BCUT2D eigenvalue weighted by Gasteiger charge is -2.44. The lowest BCUT2D eigenvalue weighted by atomic mass is 9.80. The summed E-state index contributed by atoms with van der Waals surface area (Å²) in [4.78, 5) is 24.4. The first-order valence-electron chi connectivity index (χ1n) is 14.1. The van der Waals surface area contributed by atoms with E-state index in [1.807, 2.05) is 97.1 Å². The van der Waals surface area contributed by atoms with Crippen LogP contribution in [-0.4, -0.2) is 54.4 Å². The van der Waals surface area contributed by atoms with Crippen LogP contribution in [0.25, 0.3) is 0 Å². The van der Waals surface area contributed by atoms with E-state index in [0.717, 1.165) is 16.7 Å². The maximum Gasteiger partial charge on any atom is 0.303 e. The highest BCUT2D eigenvalue weighted by Crippen LogP contribution is 2.41. The molecule has 1 saturated heterocycles. The minimum atomic E-state index is -1.59. The molecule has 0 unspecified atom stereocenters. The van der Waals surface area contributed by atoms with Crippen LogP contribution in [0.4, 0.5) is 0 Å². The van der Waals surface area contributed by atoms with E-state index in [2.05, 4.69) is 0 Å². The summed E-state index contributed by atoms with van der Waals surface area (Å²) in [5.41, 5.74) is 1.49. The molecule has 1 heterocycles. The summed E-state index contributed by atoms with van der Waals surface area (Å²) in [6.45, 7) is 2.36. The lowest BCUT2D eigenvalue weighted by Crippen LogP contribution is -2.63. The Morgan fingerprint density at radius 3 is 1.51 bits per heavy atom. The second kappa shape index (κ2) is 13.6. The van der Waals surface area contributed by atoms with E-state index in [9.17, 15) is 14.7 Å². The van der Waals surface area contributed by atoms with Crippen molar-refractivity contribution in [2.75, 3.05) is 6.61 Å². The van der Waals surface area contributed by atoms with Gasteiger partial charge >= 0.3 is 11.9 Å². The Bertz CT molecular complexity index is 1370. The highest BCUT2D eigenvalue weighted by molar-refractivity contribution is 5.67. The number of aliphatic hydroxyl groups is 1. The van der Waals surface area contributed by atoms with Crippen LogP contribution >= 0.6 is 0 Å². The summed E-state index contributed by atoms with van der Waals surface area (Å²) < 4.78 is 30.3. The van der Waals surface area contributed by atoms with Crippen molar-refractivity contribution >= 4 is 11.9 Å². The maximum atomic E-state index is 12.4. The molecule has 0 bridgehead atoms. The maximum absolute atomic E-state index is 12.4. The van der Waals surface area contributed by atoms with E-state index in [4.69, 9.17) is 23.7 Å². The summed E-state index contributed by atoms with van der Waals surface area (Å²) in [5.74, 6) is -0.816. The van der Waals surface area contributed by atoms with Crippen molar-refractivity contribution in [3.05, 3.63) is 138 Å². The molecule has 0 aromatic heterocycles. The first kappa shape index (κ1) is 30.0. The average Bonchev–Trinajstić information content (AvgIpc) is 3.02. The van der Waals surface area contributed by atoms with Gasteiger partial charge in [-0.15, -0.1) is 0 Å². The van der Waals surface area contributed by atoms with Gasteiger partial charge in [-0.05, 0) is 28.8 Å². The molecule has 0 spiro atoms. The van der Waals surface area contributed by atoms with Crippen LogP contribution in [0.15, 0.2) is 121 Å². The number of hydrogen-bond donors (Lipinski definition) is 1. The smallest absolute Gasteiger partial charge is 0.303 e. The summed E-state index contributed by atoms with van der Waals surface area (Å²) in [5, 5.41) is 11.1. The summed E-state index contributed by atoms with van der Waals surface area (Å²) >= 11 is 0. The van der Waals surface area contributed by atoms with Crippen molar-refractivity contribution in [2.45, 2.75) is 50.2 Å². The predicted octanol–water partition coefficient (Wildman–Crippen LogP) is 5.02. The molecule has 43 heavy (non-hydrogen) atoms. The van der Waals surface area contributed by atoms with E-state index in [-0.39, 0.29) is 6.61 Å². The number of ether oxygens (including phenoxy) is 5. The SMILES string of the molecule is CC(=O)O[C@H]1[C@@H](Oc2ccccc2)[C@H](OC(C)=O)[C@@H](COC(c2ccccc2)(c2ccccc2)c2ccccc2)O[C@@H]1O. The molecule has 1 aliphatic heterocycles. The highest BCUT2D eigenvalue weighted by atomic mass is 16.7. The average molecular weight is 583 g/mol. The van der Waals surface area contributed by atoms with Gasteiger partial charge in [0.15, 0.2) is 24.6 Å². The molecule has 0 amide bonds. The molecule has 1 fully saturated rings. The van der Waals surface area contributed by atoms with Crippen LogP contribution in [0, 0.1) is 0 Å². The zero-order valence-electron chi connectivity index (χ0n) is 23.9. The van der Waals surface area contributed by atoms with Crippen molar-refractivity contribution in [1.29, 1.82) is 0 Å². The third kappa shape index (κ3) is 6.78. The van der Waals surface area contributed by atoms with E-state index in [1.165, 1.54) is 13.8 Å². The minimum Gasteiger partial charge on any atom is -0.482 e. The second-order valence-corrected chi connectivity index (χ2v) is 10.2. The molecule has 4 aromatic rings. The zero-order valence-corrected chi connectivity index (χ0v) is 23.9. The monoisotopic (exact) mass is 582 g/mol. The number of carbonyl (C=O) groups excluding carboxylic acids is 2. The predicted molar refractivity (Wildman–Crippen MR) is 158 cm³/mol. The third-order valence-electron chi connectivity index (χ3n) is 7.23. The Balaban J connectivity index is 1.57. The Morgan fingerprint density at radius 2 is 1.07 bits per heavy atom. The van der Waals surface area contributed by atoms with Crippen molar-refractivity contribution in [1.82, 2.24) is 0 Å². The molecule has 222 valence electrons. The quantitative estimate of drug-likeness (QED) is 0.206. The zero-order chi connectivity index (χ0) is 30.2. The Kier molecular flexibility index (Phi) is 9.51. The van der Waals surface area contributed by atoms with Crippen LogP contribution in [0.2, 0.25) is 0 Å².